The van der Waals surface area contributed by atoms with Gasteiger partial charge >= 0.3 is 5.97 Å². The molecule has 0 bridgehead atoms. The van der Waals surface area contributed by atoms with Crippen LogP contribution >= 0.6 is 0 Å². The molecular weight excluding hydrogens is 426 g/mol. The zero-order valence-electron chi connectivity index (χ0n) is 21.5. The summed E-state index contributed by atoms with van der Waals surface area (Å²) in [6.07, 6.45) is 10.0. The predicted molar refractivity (Wildman–Crippen MR) is 140 cm³/mol. The molecule has 0 spiro atoms. The minimum atomic E-state index is -0.693. The quantitative estimate of drug-likeness (QED) is 0.195. The Morgan fingerprint density at radius 3 is 2.59 bits per heavy atom. The molecule has 34 heavy (non-hydrogen) atoms. The molecule has 1 heterocycles. The van der Waals surface area contributed by atoms with Gasteiger partial charge in [-0.1, -0.05) is 50.6 Å². The van der Waals surface area contributed by atoms with Crippen LogP contribution in [-0.2, 0) is 9.53 Å². The second-order valence-corrected chi connectivity index (χ2v) is 8.92. The van der Waals surface area contributed by atoms with E-state index in [4.69, 9.17) is 14.6 Å². The lowest BCUT2D eigenvalue weighted by atomic mass is 9.93. The monoisotopic (exact) mass is 467 g/mol. The molecule has 0 radical (unpaired) electrons. The van der Waals surface area contributed by atoms with Gasteiger partial charge in [0.25, 0.3) is 0 Å². The van der Waals surface area contributed by atoms with E-state index >= 15 is 0 Å². The number of hydrogen-bond acceptors (Lipinski definition) is 4. The van der Waals surface area contributed by atoms with Crippen molar-refractivity contribution in [3.63, 3.8) is 0 Å². The van der Waals surface area contributed by atoms with Gasteiger partial charge in [0.05, 0.1) is 13.0 Å². The van der Waals surface area contributed by atoms with Crippen molar-refractivity contribution in [3.8, 4) is 5.75 Å². The highest BCUT2D eigenvalue weighted by molar-refractivity contribution is 5.72. The number of aliphatic carboxylic acids is 1. The molecule has 0 saturated carbocycles. The number of hydrogen-bond donors (Lipinski definition) is 1. The number of aryl methyl sites for hydroxylation is 1. The summed E-state index contributed by atoms with van der Waals surface area (Å²) in [5, 5.41) is 9.12. The Kier molecular flexibility index (Phi) is 11.1. The summed E-state index contributed by atoms with van der Waals surface area (Å²) in [4.78, 5) is 13.3. The first-order valence-electron chi connectivity index (χ1n) is 12.3. The van der Waals surface area contributed by atoms with Crippen LogP contribution in [0.1, 0.15) is 57.6 Å². The molecule has 0 unspecified atom stereocenters. The zero-order chi connectivity index (χ0) is 25.1. The van der Waals surface area contributed by atoms with Crippen molar-refractivity contribution in [1.29, 1.82) is 0 Å². The average Bonchev–Trinajstić information content (AvgIpc) is 2.78. The summed E-state index contributed by atoms with van der Waals surface area (Å²) in [7, 11) is 1.69. The normalized spacial score (nSPS) is 16.0. The van der Waals surface area contributed by atoms with E-state index < -0.39 is 5.97 Å². The second-order valence-electron chi connectivity index (χ2n) is 8.92. The molecule has 0 atom stereocenters. The van der Waals surface area contributed by atoms with Gasteiger partial charge in [0.1, 0.15) is 18.1 Å². The van der Waals surface area contributed by atoms with Crippen LogP contribution < -0.4 is 4.74 Å². The largest absolute Gasteiger partial charge is 0.497 e. The number of methoxy groups -OCH3 is 1. The van der Waals surface area contributed by atoms with E-state index in [1.165, 1.54) is 16.7 Å². The highest BCUT2D eigenvalue weighted by Crippen LogP contribution is 2.29. The fourth-order valence-electron chi connectivity index (χ4n) is 4.25. The highest BCUT2D eigenvalue weighted by atomic mass is 16.5. The van der Waals surface area contributed by atoms with Crippen LogP contribution in [0.15, 0.2) is 59.9 Å². The summed E-state index contributed by atoms with van der Waals surface area (Å²) in [5.41, 5.74) is 5.94. The summed E-state index contributed by atoms with van der Waals surface area (Å²) in [6.45, 7) is 14.9. The molecule has 0 aromatic heterocycles. The molecule has 1 aliphatic heterocycles. The maximum absolute atomic E-state index is 11.1. The SMILES string of the molecule is C=C/C=C(COc1ccc(/C(C)=C(\CC)CN2CC(C(=O)O)C2)c(C)c1)\C(=C/CCCC)OC. The van der Waals surface area contributed by atoms with Gasteiger partial charge < -0.3 is 14.6 Å². The molecule has 1 aliphatic rings. The van der Waals surface area contributed by atoms with Crippen molar-refractivity contribution in [2.45, 2.75) is 53.4 Å². The van der Waals surface area contributed by atoms with Crippen molar-refractivity contribution in [3.05, 3.63) is 71.0 Å². The predicted octanol–water partition coefficient (Wildman–Crippen LogP) is 6.41. The Morgan fingerprint density at radius 2 is 2.03 bits per heavy atom. The fourth-order valence-corrected chi connectivity index (χ4v) is 4.25. The number of rotatable bonds is 14. The van der Waals surface area contributed by atoms with E-state index in [1.807, 2.05) is 12.1 Å². The molecule has 0 aliphatic carbocycles. The fraction of sp³-hybridized carbons (Fsp3) is 0.483. The number of benzene rings is 1. The third kappa shape index (κ3) is 7.63. The first-order valence-corrected chi connectivity index (χ1v) is 12.3. The smallest absolute Gasteiger partial charge is 0.309 e. The Hall–Kier alpha value is -2.79. The van der Waals surface area contributed by atoms with Gasteiger partial charge in [0.15, 0.2) is 0 Å². The van der Waals surface area contributed by atoms with Crippen LogP contribution in [0.2, 0.25) is 0 Å². The van der Waals surface area contributed by atoms with Crippen molar-refractivity contribution in [2.75, 3.05) is 33.4 Å². The highest BCUT2D eigenvalue weighted by Gasteiger charge is 2.32. The molecule has 1 aromatic rings. The number of likely N-dealkylation sites (tertiary alicyclic amines) is 1. The molecule has 1 fully saturated rings. The van der Waals surface area contributed by atoms with Crippen molar-refractivity contribution < 1.29 is 19.4 Å². The summed E-state index contributed by atoms with van der Waals surface area (Å²) in [6, 6.07) is 6.22. The molecule has 1 aromatic carbocycles. The lowest BCUT2D eigenvalue weighted by Gasteiger charge is -2.37. The lowest BCUT2D eigenvalue weighted by molar-refractivity contribution is -0.147. The number of carboxylic acids is 1. The number of allylic oxidation sites excluding steroid dienone is 4. The number of unbranched alkanes of at least 4 members (excludes halogenated alkanes) is 2. The van der Waals surface area contributed by atoms with E-state index in [-0.39, 0.29) is 5.92 Å². The molecule has 5 heteroatoms. The molecule has 1 N–H and O–H groups in total. The van der Waals surface area contributed by atoms with E-state index in [0.717, 1.165) is 54.9 Å². The number of carbonyl (C=O) groups is 1. The van der Waals surface area contributed by atoms with Crippen LogP contribution in [0.5, 0.6) is 5.75 Å². The maximum atomic E-state index is 11.1. The summed E-state index contributed by atoms with van der Waals surface area (Å²) >= 11 is 0. The summed E-state index contributed by atoms with van der Waals surface area (Å²) < 4.78 is 11.7. The van der Waals surface area contributed by atoms with Crippen LogP contribution in [-0.4, -0.2) is 49.3 Å². The molecule has 1 saturated heterocycles. The van der Waals surface area contributed by atoms with Crippen LogP contribution in [0.4, 0.5) is 0 Å². The van der Waals surface area contributed by atoms with E-state index in [1.54, 1.807) is 13.2 Å². The number of carboxylic acid groups (broad SMARTS) is 1. The number of ether oxygens (including phenoxy) is 2. The number of nitrogens with zero attached hydrogens (tertiary/aromatic N) is 1. The molecular formula is C29H41NO4. The molecule has 186 valence electrons. The third-order valence-electron chi connectivity index (χ3n) is 6.42. The Bertz CT molecular complexity index is 935. The van der Waals surface area contributed by atoms with Gasteiger partial charge in [-0.15, -0.1) is 0 Å². The van der Waals surface area contributed by atoms with E-state index in [9.17, 15) is 4.79 Å². The van der Waals surface area contributed by atoms with Crippen molar-refractivity contribution in [1.82, 2.24) is 4.90 Å². The van der Waals surface area contributed by atoms with Gasteiger partial charge in [-0.2, -0.15) is 0 Å². The topological polar surface area (TPSA) is 59.0 Å². The molecule has 5 nitrogen and oxygen atoms in total. The van der Waals surface area contributed by atoms with Crippen molar-refractivity contribution >= 4 is 11.5 Å². The van der Waals surface area contributed by atoms with Gasteiger partial charge in [-0.05, 0) is 68.0 Å². The maximum Gasteiger partial charge on any atom is 0.309 e. The average molecular weight is 468 g/mol. The second kappa shape index (κ2) is 13.8. The first kappa shape index (κ1) is 27.5. The minimum absolute atomic E-state index is 0.225. The summed E-state index contributed by atoms with van der Waals surface area (Å²) in [5.74, 6) is 0.737. The van der Waals surface area contributed by atoms with E-state index in [0.29, 0.717) is 19.7 Å². The van der Waals surface area contributed by atoms with Crippen LogP contribution in [0, 0.1) is 12.8 Å². The molecule has 2 rings (SSSR count). The first-order chi connectivity index (χ1) is 16.3. The zero-order valence-corrected chi connectivity index (χ0v) is 21.5. The van der Waals surface area contributed by atoms with Crippen LogP contribution in [0.3, 0.4) is 0 Å². The van der Waals surface area contributed by atoms with Gasteiger partial charge in [0, 0.05) is 25.2 Å². The van der Waals surface area contributed by atoms with Crippen LogP contribution in [0.25, 0.3) is 5.57 Å². The Labute approximate surface area is 205 Å². The lowest BCUT2D eigenvalue weighted by Crippen LogP contribution is -2.50. The standard InChI is InChI=1S/C29H41NO4/c1-7-10-11-13-28(33-6)24(12-8-2)20-34-26-14-15-27(21(4)16-26)22(5)23(9-3)17-30-18-25(19-30)29(31)32/h8,12-16,25H,2,7,9-11,17-20H2,1,3-6H3,(H,31,32)/b23-22+,24-12-,28-13+. The molecule has 0 amide bonds. The van der Waals surface area contributed by atoms with E-state index in [2.05, 4.69) is 57.4 Å². The Balaban J connectivity index is 2.10. The van der Waals surface area contributed by atoms with Gasteiger partial charge in [-0.25, -0.2) is 0 Å². The minimum Gasteiger partial charge on any atom is -0.497 e. The Morgan fingerprint density at radius 1 is 1.29 bits per heavy atom. The van der Waals surface area contributed by atoms with Crippen molar-refractivity contribution in [2.24, 2.45) is 5.92 Å². The van der Waals surface area contributed by atoms with Gasteiger partial charge in [0.2, 0.25) is 0 Å². The van der Waals surface area contributed by atoms with Gasteiger partial charge in [-0.3, -0.25) is 9.69 Å². The third-order valence-corrected chi connectivity index (χ3v) is 6.42.